The van der Waals surface area contributed by atoms with E-state index in [0.717, 1.165) is 45.2 Å². The smallest absolute Gasteiger partial charge is 0.220 e. The number of hydrogen-bond donors (Lipinski definition) is 2. The fourth-order valence-corrected chi connectivity index (χ4v) is 3.36. The molecule has 22 heavy (non-hydrogen) atoms. The molecule has 0 radical (unpaired) electrons. The maximum Gasteiger partial charge on any atom is 0.220 e. The van der Waals surface area contributed by atoms with Crippen molar-refractivity contribution in [1.29, 1.82) is 10.8 Å². The van der Waals surface area contributed by atoms with Gasteiger partial charge >= 0.3 is 0 Å². The van der Waals surface area contributed by atoms with E-state index in [4.69, 9.17) is 15.6 Å². The lowest BCUT2D eigenvalue weighted by Crippen LogP contribution is -2.39. The Labute approximate surface area is 130 Å². The van der Waals surface area contributed by atoms with Gasteiger partial charge in [0.1, 0.15) is 0 Å². The van der Waals surface area contributed by atoms with Crippen molar-refractivity contribution >= 4 is 18.2 Å². The molecule has 1 aromatic rings. The Morgan fingerprint density at radius 2 is 1.82 bits per heavy atom. The van der Waals surface area contributed by atoms with Crippen LogP contribution in [-0.2, 0) is 9.53 Å². The second-order valence-corrected chi connectivity index (χ2v) is 6.20. The quantitative estimate of drug-likeness (QED) is 0.509. The summed E-state index contributed by atoms with van der Waals surface area (Å²) in [6.07, 6.45) is 4.66. The molecule has 3 rings (SSSR count). The number of rotatable bonds is 4. The molecule has 1 heterocycles. The van der Waals surface area contributed by atoms with Crippen LogP contribution in [0.2, 0.25) is 0 Å². The third-order valence-corrected chi connectivity index (χ3v) is 4.94. The van der Waals surface area contributed by atoms with Crippen molar-refractivity contribution in [3.63, 3.8) is 0 Å². The molecule has 1 aliphatic carbocycles. The van der Waals surface area contributed by atoms with E-state index in [-0.39, 0.29) is 17.2 Å². The number of nitrogens with zero attached hydrogens (tertiary/aromatic N) is 1. The topological polar surface area (TPSA) is 77.2 Å². The lowest BCUT2D eigenvalue weighted by atomic mass is 9.81. The van der Waals surface area contributed by atoms with Gasteiger partial charge in [-0.25, -0.2) is 0 Å². The van der Waals surface area contributed by atoms with E-state index >= 15 is 0 Å². The Morgan fingerprint density at radius 1 is 1.18 bits per heavy atom. The average Bonchev–Trinajstić information content (AvgIpc) is 3.37. The molecule has 0 unspecified atom stereocenters. The van der Waals surface area contributed by atoms with E-state index < -0.39 is 0 Å². The molecule has 1 saturated carbocycles. The molecule has 116 valence electrons. The zero-order valence-corrected chi connectivity index (χ0v) is 12.5. The highest BCUT2D eigenvalue weighted by atomic mass is 16.5. The summed E-state index contributed by atoms with van der Waals surface area (Å²) in [7, 11) is 0. The van der Waals surface area contributed by atoms with Gasteiger partial charge in [0.2, 0.25) is 12.3 Å². The highest BCUT2D eigenvalue weighted by Crippen LogP contribution is 2.56. The second kappa shape index (κ2) is 5.91. The lowest BCUT2D eigenvalue weighted by Gasteiger charge is -2.34. The normalized spacial score (nSPS) is 20.3. The van der Waals surface area contributed by atoms with Crippen LogP contribution in [0.1, 0.15) is 31.2 Å². The van der Waals surface area contributed by atoms with E-state index in [2.05, 4.69) is 0 Å². The Balaban J connectivity index is 1.62. The van der Waals surface area contributed by atoms with Crippen molar-refractivity contribution in [1.82, 2.24) is 4.90 Å². The Morgan fingerprint density at radius 3 is 2.36 bits per heavy atom. The molecule has 0 atom stereocenters. The summed E-state index contributed by atoms with van der Waals surface area (Å²) in [5.74, 6) is 0.660. The molecule has 1 saturated heterocycles. The fraction of sp³-hybridized carbons (Fsp3) is 0.471. The van der Waals surface area contributed by atoms with Gasteiger partial charge in [0, 0.05) is 24.1 Å². The number of likely N-dealkylation sites (tertiary alicyclic amines) is 1. The van der Waals surface area contributed by atoms with Crippen LogP contribution in [0.4, 0.5) is 0 Å². The molecule has 2 N–H and O–H groups in total. The third kappa shape index (κ3) is 2.75. The lowest BCUT2D eigenvalue weighted by molar-refractivity contribution is -0.119. The number of carbonyl (C=O) groups is 1. The number of piperidine rings is 1. The largest absolute Gasteiger partial charge is 0.425 e. The van der Waals surface area contributed by atoms with Crippen molar-refractivity contribution in [2.45, 2.75) is 25.7 Å². The number of amides is 1. The summed E-state index contributed by atoms with van der Waals surface area (Å²) < 4.78 is 5.55. The summed E-state index contributed by atoms with van der Waals surface area (Å²) in [5.41, 5.74) is 0.495. The first-order valence-electron chi connectivity index (χ1n) is 7.76. The summed E-state index contributed by atoms with van der Waals surface area (Å²) in [6, 6.07) is 9.25. The van der Waals surface area contributed by atoms with Gasteiger partial charge in [-0.2, -0.15) is 0 Å². The first kappa shape index (κ1) is 14.8. The van der Waals surface area contributed by atoms with Crippen molar-refractivity contribution in [2.24, 2.45) is 11.3 Å². The van der Waals surface area contributed by atoms with Crippen molar-refractivity contribution < 1.29 is 9.53 Å². The maximum absolute atomic E-state index is 10.8. The molecule has 0 aromatic heterocycles. The van der Waals surface area contributed by atoms with Crippen LogP contribution in [0.15, 0.2) is 30.3 Å². The minimum Gasteiger partial charge on any atom is -0.425 e. The molecule has 5 nitrogen and oxygen atoms in total. The van der Waals surface area contributed by atoms with Gasteiger partial charge in [-0.05, 0) is 43.7 Å². The van der Waals surface area contributed by atoms with Crippen LogP contribution in [0.5, 0.6) is 0 Å². The molecule has 2 fully saturated rings. The molecule has 1 aromatic carbocycles. The van der Waals surface area contributed by atoms with Gasteiger partial charge in [0.15, 0.2) is 5.90 Å². The average molecular weight is 299 g/mol. The van der Waals surface area contributed by atoms with Gasteiger partial charge in [-0.3, -0.25) is 15.6 Å². The van der Waals surface area contributed by atoms with Crippen LogP contribution in [0.25, 0.3) is 0 Å². The van der Waals surface area contributed by atoms with Gasteiger partial charge < -0.3 is 9.64 Å². The third-order valence-electron chi connectivity index (χ3n) is 4.94. The fourth-order valence-electron chi connectivity index (χ4n) is 3.36. The number of nitrogens with one attached hydrogen (secondary N) is 2. The highest BCUT2D eigenvalue weighted by molar-refractivity contribution is 6.01. The Bertz CT molecular complexity index is 573. The summed E-state index contributed by atoms with van der Waals surface area (Å²) in [4.78, 5) is 12.6. The maximum atomic E-state index is 10.8. The minimum atomic E-state index is -0.198. The Hall–Kier alpha value is -2.17. The standard InChI is InChI=1S/C17H21N3O2/c18-15(13-4-2-1-3-5-13)22-16(19)17(8-9-17)14-6-10-20(12-21)11-7-14/h1-5,12,14,18-19H,6-11H2. The minimum absolute atomic E-state index is 0.0437. The molecular formula is C17H21N3O2. The van der Waals surface area contributed by atoms with E-state index in [9.17, 15) is 4.79 Å². The molecule has 2 aliphatic rings. The molecule has 0 spiro atoms. The molecule has 1 aliphatic heterocycles. The summed E-state index contributed by atoms with van der Waals surface area (Å²) in [5, 5.41) is 16.3. The van der Waals surface area contributed by atoms with Gasteiger partial charge in [-0.1, -0.05) is 18.2 Å². The van der Waals surface area contributed by atoms with Crippen LogP contribution in [0.3, 0.4) is 0 Å². The second-order valence-electron chi connectivity index (χ2n) is 6.20. The van der Waals surface area contributed by atoms with Crippen molar-refractivity contribution in [3.05, 3.63) is 35.9 Å². The Kier molecular flexibility index (Phi) is 3.96. The monoisotopic (exact) mass is 299 g/mol. The molecule has 1 amide bonds. The predicted molar refractivity (Wildman–Crippen MR) is 84.1 cm³/mol. The first-order chi connectivity index (χ1) is 10.7. The van der Waals surface area contributed by atoms with Gasteiger partial charge in [-0.15, -0.1) is 0 Å². The van der Waals surface area contributed by atoms with Gasteiger partial charge in [0.25, 0.3) is 0 Å². The summed E-state index contributed by atoms with van der Waals surface area (Å²) in [6.45, 7) is 1.53. The summed E-state index contributed by atoms with van der Waals surface area (Å²) >= 11 is 0. The zero-order chi connectivity index (χ0) is 15.6. The number of ether oxygens (including phenoxy) is 1. The van der Waals surface area contributed by atoms with Gasteiger partial charge in [0.05, 0.1) is 0 Å². The molecule has 5 heteroatoms. The van der Waals surface area contributed by atoms with E-state index in [1.165, 1.54) is 0 Å². The zero-order valence-electron chi connectivity index (χ0n) is 12.5. The van der Waals surface area contributed by atoms with Crippen LogP contribution in [0, 0.1) is 22.2 Å². The first-order valence-corrected chi connectivity index (χ1v) is 7.76. The van der Waals surface area contributed by atoms with E-state index in [1.54, 1.807) is 4.90 Å². The van der Waals surface area contributed by atoms with Crippen LogP contribution in [-0.4, -0.2) is 36.2 Å². The van der Waals surface area contributed by atoms with Crippen LogP contribution < -0.4 is 0 Å². The van der Waals surface area contributed by atoms with E-state index in [1.807, 2.05) is 30.3 Å². The van der Waals surface area contributed by atoms with Crippen molar-refractivity contribution in [3.8, 4) is 0 Å². The highest BCUT2D eigenvalue weighted by Gasteiger charge is 2.55. The predicted octanol–water partition coefficient (Wildman–Crippen LogP) is 2.65. The van der Waals surface area contributed by atoms with Crippen LogP contribution >= 0.6 is 0 Å². The number of benzene rings is 1. The van der Waals surface area contributed by atoms with E-state index in [0.29, 0.717) is 11.5 Å². The number of hydrogen-bond acceptors (Lipinski definition) is 4. The molecule has 0 bridgehead atoms. The van der Waals surface area contributed by atoms with Crippen molar-refractivity contribution in [2.75, 3.05) is 13.1 Å². The number of carbonyl (C=O) groups excluding carboxylic acids is 1. The molecular weight excluding hydrogens is 278 g/mol. The SMILES string of the molecule is N=C(OC(=N)C1(C2CCN(C=O)CC2)CC1)c1ccccc1.